The molecule has 0 unspecified atom stereocenters. The zero-order chi connectivity index (χ0) is 15.4. The number of hydrogen-bond donors (Lipinski definition) is 1. The molecule has 0 heterocycles. The van der Waals surface area contributed by atoms with E-state index < -0.39 is 5.97 Å². The minimum atomic E-state index is -0.390. The monoisotopic (exact) mass is 283 g/mol. The van der Waals surface area contributed by atoms with Gasteiger partial charge in [-0.1, -0.05) is 32.0 Å². The lowest BCUT2D eigenvalue weighted by molar-refractivity contribution is 0.0735. The molecule has 110 valence electrons. The number of anilines is 1. The van der Waals surface area contributed by atoms with Gasteiger partial charge in [-0.3, -0.25) is 0 Å². The van der Waals surface area contributed by atoms with Gasteiger partial charge in [0.25, 0.3) is 0 Å². The molecule has 0 aliphatic carbocycles. The van der Waals surface area contributed by atoms with Gasteiger partial charge in [-0.15, -0.1) is 0 Å². The SMILES string of the molecule is Cc1ccc(C(=O)Oc2ccc(CC(C)C)cc2)cc1N. The van der Waals surface area contributed by atoms with Crippen molar-refractivity contribution in [2.75, 3.05) is 5.73 Å². The molecule has 2 N–H and O–H groups in total. The maximum absolute atomic E-state index is 12.1. The number of aryl methyl sites for hydroxylation is 1. The Morgan fingerprint density at radius 1 is 1.14 bits per heavy atom. The van der Waals surface area contributed by atoms with Crippen LogP contribution in [0.3, 0.4) is 0 Å². The first-order valence-corrected chi connectivity index (χ1v) is 7.13. The lowest BCUT2D eigenvalue weighted by Gasteiger charge is -2.08. The van der Waals surface area contributed by atoms with E-state index in [1.165, 1.54) is 5.56 Å². The quantitative estimate of drug-likeness (QED) is 0.524. The van der Waals surface area contributed by atoms with Gasteiger partial charge in [0, 0.05) is 5.69 Å². The molecule has 2 aromatic rings. The number of nitrogens with two attached hydrogens (primary N) is 1. The molecular formula is C18H21NO2. The Balaban J connectivity index is 2.06. The van der Waals surface area contributed by atoms with Crippen molar-refractivity contribution in [3.63, 3.8) is 0 Å². The molecule has 21 heavy (non-hydrogen) atoms. The van der Waals surface area contributed by atoms with Crippen molar-refractivity contribution in [2.24, 2.45) is 5.92 Å². The van der Waals surface area contributed by atoms with Crippen molar-refractivity contribution < 1.29 is 9.53 Å². The third-order valence-electron chi connectivity index (χ3n) is 3.29. The number of carbonyl (C=O) groups is 1. The minimum Gasteiger partial charge on any atom is -0.423 e. The number of hydrogen-bond acceptors (Lipinski definition) is 3. The topological polar surface area (TPSA) is 52.3 Å². The predicted molar refractivity (Wildman–Crippen MR) is 85.5 cm³/mol. The second-order valence-corrected chi connectivity index (χ2v) is 5.70. The Labute approximate surface area is 125 Å². The summed E-state index contributed by atoms with van der Waals surface area (Å²) in [6, 6.07) is 12.8. The zero-order valence-corrected chi connectivity index (χ0v) is 12.7. The maximum Gasteiger partial charge on any atom is 0.343 e. The minimum absolute atomic E-state index is 0.390. The summed E-state index contributed by atoms with van der Waals surface area (Å²) in [5.74, 6) is 0.763. The first kappa shape index (κ1) is 15.1. The molecule has 0 spiro atoms. The summed E-state index contributed by atoms with van der Waals surface area (Å²) in [5.41, 5.74) is 9.06. The highest BCUT2D eigenvalue weighted by atomic mass is 16.5. The van der Waals surface area contributed by atoms with Crippen LogP contribution in [0.4, 0.5) is 5.69 Å². The summed E-state index contributed by atoms with van der Waals surface area (Å²) in [6.45, 7) is 6.25. The van der Waals surface area contributed by atoms with Crippen LogP contribution >= 0.6 is 0 Å². The van der Waals surface area contributed by atoms with Crippen LogP contribution in [-0.4, -0.2) is 5.97 Å². The molecule has 0 saturated carbocycles. The summed E-state index contributed by atoms with van der Waals surface area (Å²) < 4.78 is 5.36. The van der Waals surface area contributed by atoms with Gasteiger partial charge in [0.05, 0.1) is 5.56 Å². The fourth-order valence-electron chi connectivity index (χ4n) is 2.10. The second kappa shape index (κ2) is 6.44. The van der Waals surface area contributed by atoms with Gasteiger partial charge in [-0.25, -0.2) is 4.79 Å². The molecule has 0 aromatic heterocycles. The largest absolute Gasteiger partial charge is 0.423 e. The molecule has 0 radical (unpaired) electrons. The van der Waals surface area contributed by atoms with Gasteiger partial charge >= 0.3 is 5.97 Å². The molecule has 0 bridgehead atoms. The van der Waals surface area contributed by atoms with Crippen LogP contribution < -0.4 is 10.5 Å². The van der Waals surface area contributed by atoms with Crippen molar-refractivity contribution in [3.8, 4) is 5.75 Å². The van der Waals surface area contributed by atoms with Crippen LogP contribution in [0, 0.1) is 12.8 Å². The van der Waals surface area contributed by atoms with Crippen LogP contribution in [-0.2, 0) is 6.42 Å². The van der Waals surface area contributed by atoms with E-state index in [1.54, 1.807) is 12.1 Å². The highest BCUT2D eigenvalue weighted by Gasteiger charge is 2.10. The Bertz CT molecular complexity index is 630. The Hall–Kier alpha value is -2.29. The van der Waals surface area contributed by atoms with Gasteiger partial charge in [-0.2, -0.15) is 0 Å². The highest BCUT2D eigenvalue weighted by Crippen LogP contribution is 2.18. The molecule has 0 amide bonds. The molecule has 0 aliphatic heterocycles. The van der Waals surface area contributed by atoms with Crippen LogP contribution in [0.1, 0.15) is 35.3 Å². The van der Waals surface area contributed by atoms with E-state index in [2.05, 4.69) is 13.8 Å². The number of carbonyl (C=O) groups excluding carboxylic acids is 1. The summed E-state index contributed by atoms with van der Waals surface area (Å²) in [4.78, 5) is 12.1. The first-order chi connectivity index (χ1) is 9.95. The maximum atomic E-state index is 12.1. The standard InChI is InChI=1S/C18H21NO2/c1-12(2)10-14-5-8-16(9-6-14)21-18(20)15-7-4-13(3)17(19)11-15/h4-9,11-12H,10,19H2,1-3H3. The molecule has 0 fully saturated rings. The van der Waals surface area contributed by atoms with Crippen LogP contribution in [0.25, 0.3) is 0 Å². The molecule has 2 rings (SSSR count). The Morgan fingerprint density at radius 3 is 2.38 bits per heavy atom. The van der Waals surface area contributed by atoms with E-state index >= 15 is 0 Å². The van der Waals surface area contributed by atoms with Gasteiger partial charge in [0.2, 0.25) is 0 Å². The average molecular weight is 283 g/mol. The van der Waals surface area contributed by atoms with E-state index in [1.807, 2.05) is 37.3 Å². The molecule has 0 saturated heterocycles. The third-order valence-corrected chi connectivity index (χ3v) is 3.29. The molecular weight excluding hydrogens is 262 g/mol. The fourth-order valence-corrected chi connectivity index (χ4v) is 2.10. The van der Waals surface area contributed by atoms with Gasteiger partial charge in [0.15, 0.2) is 0 Å². The second-order valence-electron chi connectivity index (χ2n) is 5.70. The Kier molecular flexibility index (Phi) is 4.63. The van der Waals surface area contributed by atoms with Crippen LogP contribution in [0.2, 0.25) is 0 Å². The molecule has 3 nitrogen and oxygen atoms in total. The van der Waals surface area contributed by atoms with Gasteiger partial charge < -0.3 is 10.5 Å². The summed E-state index contributed by atoms with van der Waals surface area (Å²) in [5, 5.41) is 0. The molecule has 2 aromatic carbocycles. The fraction of sp³-hybridized carbons (Fsp3) is 0.278. The van der Waals surface area contributed by atoms with E-state index in [-0.39, 0.29) is 0 Å². The Morgan fingerprint density at radius 2 is 1.81 bits per heavy atom. The number of esters is 1. The first-order valence-electron chi connectivity index (χ1n) is 7.13. The lowest BCUT2D eigenvalue weighted by Crippen LogP contribution is -2.09. The van der Waals surface area contributed by atoms with E-state index in [9.17, 15) is 4.79 Å². The normalized spacial score (nSPS) is 10.7. The number of rotatable bonds is 4. The highest BCUT2D eigenvalue weighted by molar-refractivity contribution is 5.92. The lowest BCUT2D eigenvalue weighted by atomic mass is 10.0. The third kappa shape index (κ3) is 4.09. The van der Waals surface area contributed by atoms with E-state index in [0.29, 0.717) is 22.9 Å². The molecule has 0 atom stereocenters. The summed E-state index contributed by atoms with van der Waals surface area (Å²) in [7, 11) is 0. The van der Waals surface area contributed by atoms with Crippen molar-refractivity contribution in [1.29, 1.82) is 0 Å². The smallest absolute Gasteiger partial charge is 0.343 e. The molecule has 0 aliphatic rings. The van der Waals surface area contributed by atoms with Crippen molar-refractivity contribution in [2.45, 2.75) is 27.2 Å². The van der Waals surface area contributed by atoms with Crippen molar-refractivity contribution >= 4 is 11.7 Å². The zero-order valence-electron chi connectivity index (χ0n) is 12.7. The number of ether oxygens (including phenoxy) is 1. The summed E-state index contributed by atoms with van der Waals surface area (Å²) >= 11 is 0. The summed E-state index contributed by atoms with van der Waals surface area (Å²) in [6.07, 6.45) is 1.02. The predicted octanol–water partition coefficient (Wildman–Crippen LogP) is 3.99. The number of benzene rings is 2. The van der Waals surface area contributed by atoms with Gasteiger partial charge in [0.1, 0.15) is 5.75 Å². The number of nitrogen functional groups attached to an aromatic ring is 1. The van der Waals surface area contributed by atoms with Crippen LogP contribution in [0.5, 0.6) is 5.75 Å². The van der Waals surface area contributed by atoms with E-state index in [0.717, 1.165) is 12.0 Å². The van der Waals surface area contributed by atoms with Crippen molar-refractivity contribution in [1.82, 2.24) is 0 Å². The van der Waals surface area contributed by atoms with Crippen LogP contribution in [0.15, 0.2) is 42.5 Å². The average Bonchev–Trinajstić information content (AvgIpc) is 2.43. The molecule has 3 heteroatoms. The van der Waals surface area contributed by atoms with Gasteiger partial charge in [-0.05, 0) is 54.7 Å². The van der Waals surface area contributed by atoms with Crippen molar-refractivity contribution in [3.05, 3.63) is 59.2 Å². The van der Waals surface area contributed by atoms with E-state index in [4.69, 9.17) is 10.5 Å².